The number of amides is 1. The number of carbonyl (C=O) groups is 1. The van der Waals surface area contributed by atoms with E-state index in [1.165, 1.54) is 0 Å². The van der Waals surface area contributed by atoms with Gasteiger partial charge < -0.3 is 14.7 Å². The molecule has 0 aliphatic carbocycles. The van der Waals surface area contributed by atoms with Gasteiger partial charge in [-0.15, -0.1) is 0 Å². The second kappa shape index (κ2) is 4.73. The lowest BCUT2D eigenvalue weighted by Crippen LogP contribution is -2.54. The summed E-state index contributed by atoms with van der Waals surface area (Å²) in [5.41, 5.74) is 0.701. The number of nitrogens with zero attached hydrogens (tertiary/aromatic N) is 2. The molecule has 92 valence electrons. The number of likely N-dealkylation sites (N-methyl/N-ethyl adjacent to an activating group) is 1. The number of ether oxygens (including phenoxy) is 1. The van der Waals surface area contributed by atoms with Gasteiger partial charge in [0.2, 0.25) is 5.91 Å². The highest BCUT2D eigenvalue weighted by molar-refractivity contribution is 5.97. The fraction of sp³-hybridized carbons (Fsp3) is 0.417. The Kier molecular flexibility index (Phi) is 3.31. The van der Waals surface area contributed by atoms with E-state index in [0.29, 0.717) is 11.4 Å². The van der Waals surface area contributed by atoms with Crippen LogP contribution in [0, 0.1) is 0 Å². The number of carbonyl (C=O) groups excluding carboxylic acids is 1. The summed E-state index contributed by atoms with van der Waals surface area (Å²) in [6, 6.07) is 7.30. The van der Waals surface area contributed by atoms with Gasteiger partial charge in [-0.3, -0.25) is 9.69 Å². The van der Waals surface area contributed by atoms with Crippen LogP contribution in [0.5, 0.6) is 5.75 Å². The SMILES string of the molecule is COc1ccccc1N1CC(O)N(C)CC1=O. The lowest BCUT2D eigenvalue weighted by Gasteiger charge is -2.36. The van der Waals surface area contributed by atoms with Crippen LogP contribution in [0.4, 0.5) is 5.69 Å². The van der Waals surface area contributed by atoms with Gasteiger partial charge >= 0.3 is 0 Å². The molecule has 0 saturated carbocycles. The van der Waals surface area contributed by atoms with Crippen LogP contribution in [0.25, 0.3) is 0 Å². The van der Waals surface area contributed by atoms with Crippen molar-refractivity contribution in [2.75, 3.05) is 32.1 Å². The van der Waals surface area contributed by atoms with Crippen LogP contribution in [-0.2, 0) is 4.79 Å². The average molecular weight is 236 g/mol. The lowest BCUT2D eigenvalue weighted by atomic mass is 10.2. The first-order chi connectivity index (χ1) is 8.13. The Bertz CT molecular complexity index is 422. The summed E-state index contributed by atoms with van der Waals surface area (Å²) < 4.78 is 5.22. The number of benzene rings is 1. The monoisotopic (exact) mass is 236 g/mol. The molecule has 5 nitrogen and oxygen atoms in total. The Morgan fingerprint density at radius 3 is 2.82 bits per heavy atom. The third-order valence-electron chi connectivity index (χ3n) is 2.92. The molecule has 1 N–H and O–H groups in total. The Morgan fingerprint density at radius 1 is 1.41 bits per heavy atom. The van der Waals surface area contributed by atoms with Crippen LogP contribution >= 0.6 is 0 Å². The molecule has 1 aliphatic heterocycles. The van der Waals surface area contributed by atoms with E-state index in [4.69, 9.17) is 4.74 Å². The minimum Gasteiger partial charge on any atom is -0.495 e. The number of aliphatic hydroxyl groups excluding tert-OH is 1. The van der Waals surface area contributed by atoms with Gasteiger partial charge in [-0.1, -0.05) is 12.1 Å². The standard InChI is InChI=1S/C12H16N2O3/c1-13-7-12(16)14(8-11(13)15)9-5-3-4-6-10(9)17-2/h3-6,11,15H,7-8H2,1-2H3. The van der Waals surface area contributed by atoms with E-state index in [-0.39, 0.29) is 19.0 Å². The maximum Gasteiger partial charge on any atom is 0.241 e. The third-order valence-corrected chi connectivity index (χ3v) is 2.92. The molecule has 0 spiro atoms. The van der Waals surface area contributed by atoms with Crippen LogP contribution < -0.4 is 9.64 Å². The Labute approximate surface area is 100 Å². The van der Waals surface area contributed by atoms with E-state index in [0.717, 1.165) is 0 Å². The first kappa shape index (κ1) is 11.9. The molecule has 0 aromatic heterocycles. The molecule has 1 atom stereocenters. The van der Waals surface area contributed by atoms with Crippen molar-refractivity contribution < 1.29 is 14.6 Å². The molecule has 1 saturated heterocycles. The molecule has 1 aromatic rings. The van der Waals surface area contributed by atoms with E-state index in [9.17, 15) is 9.90 Å². The maximum absolute atomic E-state index is 11.9. The van der Waals surface area contributed by atoms with Gasteiger partial charge in [-0.25, -0.2) is 0 Å². The summed E-state index contributed by atoms with van der Waals surface area (Å²) in [5, 5.41) is 9.78. The second-order valence-corrected chi connectivity index (χ2v) is 4.07. The molecular weight excluding hydrogens is 220 g/mol. The summed E-state index contributed by atoms with van der Waals surface area (Å²) in [5.74, 6) is 0.597. The first-order valence-corrected chi connectivity index (χ1v) is 5.45. The van der Waals surface area contributed by atoms with Gasteiger partial charge in [0.15, 0.2) is 0 Å². The van der Waals surface area contributed by atoms with Crippen LogP contribution in [-0.4, -0.2) is 49.4 Å². The number of aliphatic hydroxyl groups is 1. The summed E-state index contributed by atoms with van der Waals surface area (Å²) in [7, 11) is 3.29. The van der Waals surface area contributed by atoms with Gasteiger partial charge in [0.05, 0.1) is 25.9 Å². The molecule has 1 aromatic carbocycles. The summed E-state index contributed by atoms with van der Waals surface area (Å²) in [6.07, 6.45) is -0.641. The van der Waals surface area contributed by atoms with Gasteiger partial charge in [0.25, 0.3) is 0 Å². The van der Waals surface area contributed by atoms with Crippen LogP contribution in [0.1, 0.15) is 0 Å². The number of methoxy groups -OCH3 is 1. The van der Waals surface area contributed by atoms with Crippen molar-refractivity contribution in [3.63, 3.8) is 0 Å². The lowest BCUT2D eigenvalue weighted by molar-refractivity contribution is -0.126. The molecule has 17 heavy (non-hydrogen) atoms. The van der Waals surface area contributed by atoms with Crippen LogP contribution in [0.2, 0.25) is 0 Å². The normalized spacial score (nSPS) is 21.7. The van der Waals surface area contributed by atoms with E-state index in [1.54, 1.807) is 30.0 Å². The molecule has 0 bridgehead atoms. The average Bonchev–Trinajstić information content (AvgIpc) is 2.34. The molecule has 1 fully saturated rings. The molecule has 1 amide bonds. The quantitative estimate of drug-likeness (QED) is 0.802. The number of para-hydroxylation sites is 2. The third kappa shape index (κ3) is 2.25. The highest BCUT2D eigenvalue weighted by Crippen LogP contribution is 2.29. The van der Waals surface area contributed by atoms with Crippen molar-refractivity contribution >= 4 is 11.6 Å². The zero-order chi connectivity index (χ0) is 12.4. The second-order valence-electron chi connectivity index (χ2n) is 4.07. The van der Waals surface area contributed by atoms with Gasteiger partial charge in [0.1, 0.15) is 12.0 Å². The van der Waals surface area contributed by atoms with Crippen LogP contribution in [0.15, 0.2) is 24.3 Å². The van der Waals surface area contributed by atoms with E-state index >= 15 is 0 Å². The maximum atomic E-state index is 11.9. The van der Waals surface area contributed by atoms with Gasteiger partial charge in [-0.05, 0) is 19.2 Å². The number of β-amino-alcohol motifs (C(OH)–C–C–N with tert-alkyl or cyclic N) is 1. The predicted molar refractivity (Wildman–Crippen MR) is 64.0 cm³/mol. The Morgan fingerprint density at radius 2 is 2.12 bits per heavy atom. The highest BCUT2D eigenvalue weighted by atomic mass is 16.5. The number of hydrogen-bond donors (Lipinski definition) is 1. The molecule has 5 heteroatoms. The molecule has 0 radical (unpaired) electrons. The Balaban J connectivity index is 2.30. The van der Waals surface area contributed by atoms with E-state index in [1.807, 2.05) is 18.2 Å². The van der Waals surface area contributed by atoms with E-state index < -0.39 is 6.23 Å². The Hall–Kier alpha value is -1.59. The molecular formula is C12H16N2O3. The summed E-state index contributed by atoms with van der Waals surface area (Å²) in [6.45, 7) is 0.467. The molecule has 1 heterocycles. The van der Waals surface area contributed by atoms with Crippen molar-refractivity contribution in [1.29, 1.82) is 0 Å². The van der Waals surface area contributed by atoms with Crippen molar-refractivity contribution in [3.8, 4) is 5.75 Å². The number of piperazine rings is 1. The number of anilines is 1. The highest BCUT2D eigenvalue weighted by Gasteiger charge is 2.30. The van der Waals surface area contributed by atoms with Crippen molar-refractivity contribution in [2.24, 2.45) is 0 Å². The van der Waals surface area contributed by atoms with E-state index in [2.05, 4.69) is 0 Å². The topological polar surface area (TPSA) is 53.0 Å². The largest absolute Gasteiger partial charge is 0.495 e. The number of rotatable bonds is 2. The van der Waals surface area contributed by atoms with Gasteiger partial charge in [0, 0.05) is 0 Å². The summed E-state index contributed by atoms with van der Waals surface area (Å²) >= 11 is 0. The zero-order valence-electron chi connectivity index (χ0n) is 9.96. The fourth-order valence-corrected chi connectivity index (χ4v) is 1.89. The summed E-state index contributed by atoms with van der Waals surface area (Å²) in [4.78, 5) is 15.1. The van der Waals surface area contributed by atoms with Crippen molar-refractivity contribution in [1.82, 2.24) is 4.90 Å². The predicted octanol–water partition coefficient (Wildman–Crippen LogP) is 0.292. The minimum atomic E-state index is -0.641. The first-order valence-electron chi connectivity index (χ1n) is 5.45. The molecule has 1 aliphatic rings. The minimum absolute atomic E-state index is 0.0395. The smallest absolute Gasteiger partial charge is 0.241 e. The fourth-order valence-electron chi connectivity index (χ4n) is 1.89. The molecule has 1 unspecified atom stereocenters. The zero-order valence-corrected chi connectivity index (χ0v) is 9.96. The van der Waals surface area contributed by atoms with Crippen molar-refractivity contribution in [2.45, 2.75) is 6.23 Å². The van der Waals surface area contributed by atoms with Gasteiger partial charge in [-0.2, -0.15) is 0 Å². The van der Waals surface area contributed by atoms with Crippen molar-refractivity contribution in [3.05, 3.63) is 24.3 Å². The molecule has 2 rings (SSSR count). The van der Waals surface area contributed by atoms with Crippen LogP contribution in [0.3, 0.4) is 0 Å². The number of hydrogen-bond acceptors (Lipinski definition) is 4.